The monoisotopic (exact) mass is 236 g/mol. The van der Waals surface area contributed by atoms with E-state index in [4.69, 9.17) is 5.21 Å². The Bertz CT molecular complexity index is 333. The van der Waals surface area contributed by atoms with Gasteiger partial charge in [-0.15, -0.1) is 0 Å². The molecule has 0 radical (unpaired) electrons. The maximum absolute atomic E-state index is 9.03. The number of allylic oxidation sites excluding steroid dienone is 1. The molecule has 0 fully saturated rings. The first kappa shape index (κ1) is 12.6. The quantitative estimate of drug-likeness (QED) is 0.603. The Hall–Kier alpha value is -0.830. The summed E-state index contributed by atoms with van der Waals surface area (Å²) in [6.07, 6.45) is 8.06. The van der Waals surface area contributed by atoms with Crippen molar-refractivity contribution in [1.29, 1.82) is 0 Å². The number of nitrogens with zero attached hydrogens (tertiary/aromatic N) is 2. The molecular formula is C14H24N2O. The third-order valence-corrected chi connectivity index (χ3v) is 4.20. The van der Waals surface area contributed by atoms with Crippen molar-refractivity contribution in [3.8, 4) is 0 Å². The number of hydrogen-bond acceptors (Lipinski definition) is 3. The predicted octanol–water partition coefficient (Wildman–Crippen LogP) is 3.19. The van der Waals surface area contributed by atoms with Gasteiger partial charge < -0.3 is 10.1 Å². The standard InChI is InChI=1S/C14H24N2O/c1-3-9-16(2)12-7-8-13-11(10-12)5-4-6-14(13)15-17/h12,17H,3-10H2,1-2H3. The number of oxime groups is 1. The van der Waals surface area contributed by atoms with E-state index >= 15 is 0 Å². The smallest absolute Gasteiger partial charge is 0.0827 e. The Balaban J connectivity index is 2.07. The van der Waals surface area contributed by atoms with Crippen molar-refractivity contribution in [3.63, 3.8) is 0 Å². The molecular weight excluding hydrogens is 212 g/mol. The van der Waals surface area contributed by atoms with Gasteiger partial charge in [-0.05, 0) is 64.1 Å². The fourth-order valence-corrected chi connectivity index (χ4v) is 3.24. The van der Waals surface area contributed by atoms with Gasteiger partial charge in [0.2, 0.25) is 0 Å². The van der Waals surface area contributed by atoms with Gasteiger partial charge in [-0.1, -0.05) is 17.7 Å². The zero-order chi connectivity index (χ0) is 12.3. The van der Waals surface area contributed by atoms with E-state index in [9.17, 15) is 0 Å². The van der Waals surface area contributed by atoms with Crippen LogP contribution >= 0.6 is 0 Å². The molecule has 2 rings (SSSR count). The Morgan fingerprint density at radius 3 is 2.88 bits per heavy atom. The van der Waals surface area contributed by atoms with Crippen molar-refractivity contribution in [2.45, 2.75) is 57.9 Å². The molecule has 2 aliphatic carbocycles. The molecule has 1 unspecified atom stereocenters. The van der Waals surface area contributed by atoms with Crippen LogP contribution in [0.5, 0.6) is 0 Å². The molecule has 0 saturated carbocycles. The van der Waals surface area contributed by atoms with Gasteiger partial charge in [0, 0.05) is 6.04 Å². The SMILES string of the molecule is CCCN(C)C1CCC2=C(CCCC2=NO)C1. The maximum Gasteiger partial charge on any atom is 0.0827 e. The zero-order valence-corrected chi connectivity index (χ0v) is 11.1. The summed E-state index contributed by atoms with van der Waals surface area (Å²) >= 11 is 0. The van der Waals surface area contributed by atoms with Crippen LogP contribution in [-0.2, 0) is 0 Å². The zero-order valence-electron chi connectivity index (χ0n) is 11.1. The number of rotatable bonds is 3. The fourth-order valence-electron chi connectivity index (χ4n) is 3.24. The molecule has 0 aromatic carbocycles. The predicted molar refractivity (Wildman–Crippen MR) is 70.7 cm³/mol. The van der Waals surface area contributed by atoms with E-state index in [0.29, 0.717) is 6.04 Å². The average molecular weight is 236 g/mol. The highest BCUT2D eigenvalue weighted by Crippen LogP contribution is 2.35. The highest BCUT2D eigenvalue weighted by atomic mass is 16.4. The van der Waals surface area contributed by atoms with Crippen LogP contribution in [0.4, 0.5) is 0 Å². The molecule has 0 saturated heterocycles. The second-order valence-electron chi connectivity index (χ2n) is 5.36. The molecule has 0 amide bonds. The molecule has 0 heterocycles. The van der Waals surface area contributed by atoms with Gasteiger partial charge in [0.1, 0.15) is 0 Å². The molecule has 3 nitrogen and oxygen atoms in total. The molecule has 0 aliphatic heterocycles. The van der Waals surface area contributed by atoms with Gasteiger partial charge in [0.05, 0.1) is 5.71 Å². The van der Waals surface area contributed by atoms with Gasteiger partial charge in [0.25, 0.3) is 0 Å². The lowest BCUT2D eigenvalue weighted by atomic mass is 9.79. The lowest BCUT2D eigenvalue weighted by Crippen LogP contribution is -2.36. The second-order valence-corrected chi connectivity index (χ2v) is 5.36. The minimum absolute atomic E-state index is 0.701. The van der Waals surface area contributed by atoms with Crippen LogP contribution in [0.3, 0.4) is 0 Å². The fraction of sp³-hybridized carbons (Fsp3) is 0.786. The van der Waals surface area contributed by atoms with Crippen LogP contribution < -0.4 is 0 Å². The van der Waals surface area contributed by atoms with Gasteiger partial charge in [-0.25, -0.2) is 0 Å². The van der Waals surface area contributed by atoms with Crippen LogP contribution in [0.1, 0.15) is 51.9 Å². The summed E-state index contributed by atoms with van der Waals surface area (Å²) in [6.45, 7) is 3.43. The first-order valence-electron chi connectivity index (χ1n) is 6.88. The van der Waals surface area contributed by atoms with E-state index in [1.807, 2.05) is 0 Å². The van der Waals surface area contributed by atoms with E-state index in [0.717, 1.165) is 25.0 Å². The van der Waals surface area contributed by atoms with Gasteiger partial charge >= 0.3 is 0 Å². The van der Waals surface area contributed by atoms with E-state index in [-0.39, 0.29) is 0 Å². The van der Waals surface area contributed by atoms with Crippen LogP contribution in [0.15, 0.2) is 16.3 Å². The van der Waals surface area contributed by atoms with Crippen LogP contribution in [0.25, 0.3) is 0 Å². The van der Waals surface area contributed by atoms with E-state index < -0.39 is 0 Å². The number of hydrogen-bond donors (Lipinski definition) is 1. The summed E-state index contributed by atoms with van der Waals surface area (Å²) in [4.78, 5) is 2.49. The van der Waals surface area contributed by atoms with Crippen LogP contribution in [-0.4, -0.2) is 35.5 Å². The first-order valence-corrected chi connectivity index (χ1v) is 6.88. The average Bonchev–Trinajstić information content (AvgIpc) is 2.37. The topological polar surface area (TPSA) is 35.8 Å². The van der Waals surface area contributed by atoms with Crippen molar-refractivity contribution < 1.29 is 5.21 Å². The molecule has 0 aromatic heterocycles. The third-order valence-electron chi connectivity index (χ3n) is 4.20. The molecule has 0 spiro atoms. The van der Waals surface area contributed by atoms with Crippen molar-refractivity contribution >= 4 is 5.71 Å². The molecule has 0 aromatic rings. The minimum Gasteiger partial charge on any atom is -0.411 e. The Morgan fingerprint density at radius 2 is 2.18 bits per heavy atom. The van der Waals surface area contributed by atoms with Gasteiger partial charge in [-0.3, -0.25) is 0 Å². The lowest BCUT2D eigenvalue weighted by Gasteiger charge is -2.35. The largest absolute Gasteiger partial charge is 0.411 e. The molecule has 2 aliphatic rings. The Morgan fingerprint density at radius 1 is 1.35 bits per heavy atom. The van der Waals surface area contributed by atoms with Crippen molar-refractivity contribution in [3.05, 3.63) is 11.1 Å². The summed E-state index contributed by atoms with van der Waals surface area (Å²) in [7, 11) is 2.24. The molecule has 96 valence electrons. The maximum atomic E-state index is 9.03. The Kier molecular flexibility index (Phi) is 4.21. The molecule has 17 heavy (non-hydrogen) atoms. The molecule has 0 bridgehead atoms. The molecule has 1 atom stereocenters. The van der Waals surface area contributed by atoms with E-state index in [1.165, 1.54) is 37.8 Å². The first-order chi connectivity index (χ1) is 8.26. The van der Waals surface area contributed by atoms with Crippen LogP contribution in [0.2, 0.25) is 0 Å². The van der Waals surface area contributed by atoms with Crippen molar-refractivity contribution in [2.75, 3.05) is 13.6 Å². The summed E-state index contributed by atoms with van der Waals surface area (Å²) in [5.41, 5.74) is 3.89. The van der Waals surface area contributed by atoms with Crippen molar-refractivity contribution in [1.82, 2.24) is 4.90 Å². The highest BCUT2D eigenvalue weighted by Gasteiger charge is 2.28. The van der Waals surface area contributed by atoms with Crippen LogP contribution in [0, 0.1) is 0 Å². The molecule has 3 heteroatoms. The Labute approximate surface area is 104 Å². The van der Waals surface area contributed by atoms with Gasteiger partial charge in [-0.2, -0.15) is 0 Å². The second kappa shape index (κ2) is 5.67. The normalized spacial score (nSPS) is 27.7. The molecule has 1 N–H and O–H groups in total. The van der Waals surface area contributed by atoms with E-state index in [2.05, 4.69) is 24.0 Å². The third kappa shape index (κ3) is 2.71. The summed E-state index contributed by atoms with van der Waals surface area (Å²) < 4.78 is 0. The van der Waals surface area contributed by atoms with E-state index in [1.54, 1.807) is 5.57 Å². The highest BCUT2D eigenvalue weighted by molar-refractivity contribution is 6.01. The van der Waals surface area contributed by atoms with Gasteiger partial charge in [0.15, 0.2) is 0 Å². The summed E-state index contributed by atoms with van der Waals surface area (Å²) in [6, 6.07) is 0.701. The van der Waals surface area contributed by atoms with Crippen molar-refractivity contribution in [2.24, 2.45) is 5.16 Å². The summed E-state index contributed by atoms with van der Waals surface area (Å²) in [5, 5.41) is 12.5. The lowest BCUT2D eigenvalue weighted by molar-refractivity contribution is 0.220. The minimum atomic E-state index is 0.701. The summed E-state index contributed by atoms with van der Waals surface area (Å²) in [5.74, 6) is 0.